The summed E-state index contributed by atoms with van der Waals surface area (Å²) >= 11 is 6.43. The Kier molecular flexibility index (Phi) is 10.7. The molecule has 2 aliphatic rings. The highest BCUT2D eigenvalue weighted by Crippen LogP contribution is 2.47. The van der Waals surface area contributed by atoms with Crippen molar-refractivity contribution >= 4 is 55.6 Å². The maximum atomic E-state index is 3.98. The third kappa shape index (κ3) is 8.08. The molecule has 4 nitrogen and oxygen atoms in total. The average Bonchev–Trinajstić information content (AvgIpc) is 3.22. The van der Waals surface area contributed by atoms with Crippen LogP contribution in [0.5, 0.6) is 0 Å². The highest BCUT2D eigenvalue weighted by Gasteiger charge is 2.45. The van der Waals surface area contributed by atoms with Crippen LogP contribution in [0.1, 0.15) is 63.6 Å². The van der Waals surface area contributed by atoms with Gasteiger partial charge in [0.05, 0.1) is 67.2 Å². The van der Waals surface area contributed by atoms with Crippen LogP contribution in [0.4, 0.5) is 11.4 Å². The third-order valence-electron chi connectivity index (χ3n) is 9.59. The normalized spacial score (nSPS) is 19.7. The number of aryl methyl sites for hydroxylation is 1. The van der Waals surface area contributed by atoms with Crippen LogP contribution >= 0.6 is 38.5 Å². The van der Waals surface area contributed by atoms with Gasteiger partial charge in [0, 0.05) is 55.9 Å². The molecule has 0 spiro atoms. The van der Waals surface area contributed by atoms with Gasteiger partial charge in [0.1, 0.15) is 0 Å². The average molecular weight is 777 g/mol. The first-order chi connectivity index (χ1) is 20.3. The van der Waals surface area contributed by atoms with Crippen LogP contribution in [0, 0.1) is 10.5 Å². The molecule has 1 unspecified atom stereocenters. The molecule has 240 valence electrons. The maximum Gasteiger partial charge on any atom is 0.209 e. The second kappa shape index (κ2) is 13.3. The summed E-state index contributed by atoms with van der Waals surface area (Å²) in [6.45, 7) is 16.3. The minimum atomic E-state index is -0.0494. The van der Waals surface area contributed by atoms with Crippen LogP contribution in [0.25, 0.3) is 0 Å². The Morgan fingerprint density at radius 2 is 1.59 bits per heavy atom. The lowest BCUT2D eigenvalue weighted by Gasteiger charge is -2.35. The largest absolute Gasteiger partial charge is 0.367 e. The van der Waals surface area contributed by atoms with Gasteiger partial charge in [-0.05, 0) is 79.6 Å². The van der Waals surface area contributed by atoms with Crippen molar-refractivity contribution < 1.29 is 13.5 Å². The van der Waals surface area contributed by atoms with Gasteiger partial charge in [-0.1, -0.05) is 53.5 Å². The van der Waals surface area contributed by atoms with Crippen molar-refractivity contribution in [3.05, 3.63) is 79.4 Å². The number of allylic oxidation sites excluding steroid dienone is 3. The SMILES string of the molecule is Cc1ccc2c(c1)C(C)(C)C(C/C=C(Br)/C=C/C1=[N+](CCC[N+](C)(C)C)c3ccc(I)cc3C1(C)C)N2CCC[N+](C)(C)C. The van der Waals surface area contributed by atoms with Gasteiger partial charge in [0.25, 0.3) is 0 Å². The Morgan fingerprint density at radius 1 is 0.932 bits per heavy atom. The number of halogens is 2. The molecule has 44 heavy (non-hydrogen) atoms. The number of quaternary nitrogens is 2. The first-order valence-corrected chi connectivity index (χ1v) is 18.2. The minimum Gasteiger partial charge on any atom is -0.367 e. The molecular formula is C38H57BrIN4+3. The van der Waals surface area contributed by atoms with Crippen molar-refractivity contribution in [3.63, 3.8) is 0 Å². The lowest BCUT2D eigenvalue weighted by molar-refractivity contribution is -0.871. The fourth-order valence-corrected chi connectivity index (χ4v) is 7.92. The Hall–Kier alpha value is -1.48. The Morgan fingerprint density at radius 3 is 2.25 bits per heavy atom. The second-order valence-electron chi connectivity index (χ2n) is 16.2. The van der Waals surface area contributed by atoms with E-state index in [1.54, 1.807) is 0 Å². The van der Waals surface area contributed by atoms with Gasteiger partial charge < -0.3 is 13.9 Å². The number of rotatable bonds is 12. The summed E-state index contributed by atoms with van der Waals surface area (Å²) in [6.07, 6.45) is 10.4. The van der Waals surface area contributed by atoms with Crippen molar-refractivity contribution in [3.8, 4) is 0 Å². The monoisotopic (exact) mass is 775 g/mol. The first kappa shape index (κ1) is 35.4. The van der Waals surface area contributed by atoms with E-state index >= 15 is 0 Å². The van der Waals surface area contributed by atoms with Crippen LogP contribution < -0.4 is 4.90 Å². The predicted molar refractivity (Wildman–Crippen MR) is 203 cm³/mol. The number of fused-ring (bicyclic) bond motifs is 2. The number of hydrogen-bond acceptors (Lipinski definition) is 1. The highest BCUT2D eigenvalue weighted by molar-refractivity contribution is 14.1. The summed E-state index contributed by atoms with van der Waals surface area (Å²) in [5.74, 6) is 0. The van der Waals surface area contributed by atoms with E-state index in [9.17, 15) is 0 Å². The summed E-state index contributed by atoms with van der Waals surface area (Å²) < 4.78 is 7.03. The molecule has 2 aromatic carbocycles. The summed E-state index contributed by atoms with van der Waals surface area (Å²) in [4.78, 5) is 2.70. The van der Waals surface area contributed by atoms with Gasteiger partial charge in [-0.15, -0.1) is 0 Å². The molecule has 2 aliphatic heterocycles. The Balaban J connectivity index is 1.60. The number of benzene rings is 2. The highest BCUT2D eigenvalue weighted by atomic mass is 127. The third-order valence-corrected chi connectivity index (χ3v) is 10.9. The lowest BCUT2D eigenvalue weighted by Crippen LogP contribution is -2.43. The van der Waals surface area contributed by atoms with Crippen molar-refractivity contribution in [1.82, 2.24) is 0 Å². The molecule has 0 saturated carbocycles. The topological polar surface area (TPSA) is 6.25 Å². The van der Waals surface area contributed by atoms with Crippen molar-refractivity contribution in [2.45, 2.75) is 70.8 Å². The van der Waals surface area contributed by atoms with E-state index in [0.717, 1.165) is 45.9 Å². The molecule has 0 bridgehead atoms. The fraction of sp³-hybridized carbons (Fsp3) is 0.553. The smallest absolute Gasteiger partial charge is 0.209 e. The van der Waals surface area contributed by atoms with Gasteiger partial charge in [-0.25, -0.2) is 0 Å². The zero-order chi connectivity index (χ0) is 32.7. The van der Waals surface area contributed by atoms with Crippen molar-refractivity contribution in [2.75, 3.05) is 73.4 Å². The van der Waals surface area contributed by atoms with E-state index in [1.807, 2.05) is 0 Å². The number of nitrogens with zero attached hydrogens (tertiary/aromatic N) is 4. The Bertz CT molecular complexity index is 1450. The molecular weight excluding hydrogens is 719 g/mol. The van der Waals surface area contributed by atoms with Crippen molar-refractivity contribution in [1.29, 1.82) is 0 Å². The summed E-state index contributed by atoms with van der Waals surface area (Å²) in [7, 11) is 13.7. The fourth-order valence-electron chi connectivity index (χ4n) is 7.11. The summed E-state index contributed by atoms with van der Waals surface area (Å²) in [5.41, 5.74) is 8.47. The van der Waals surface area contributed by atoms with Gasteiger partial charge >= 0.3 is 0 Å². The molecule has 0 radical (unpaired) electrons. The second-order valence-corrected chi connectivity index (χ2v) is 18.3. The van der Waals surface area contributed by atoms with Crippen LogP contribution in [0.15, 0.2) is 59.1 Å². The van der Waals surface area contributed by atoms with Gasteiger partial charge in [-0.2, -0.15) is 4.58 Å². The van der Waals surface area contributed by atoms with E-state index in [0.29, 0.717) is 6.04 Å². The molecule has 2 heterocycles. The van der Waals surface area contributed by atoms with Gasteiger partial charge in [-0.3, -0.25) is 0 Å². The molecule has 0 saturated heterocycles. The molecule has 2 aromatic rings. The first-order valence-electron chi connectivity index (χ1n) is 16.3. The van der Waals surface area contributed by atoms with E-state index < -0.39 is 0 Å². The molecule has 1 atom stereocenters. The number of anilines is 1. The molecule has 0 fully saturated rings. The molecule has 0 aromatic heterocycles. The number of hydrogen-bond donors (Lipinski definition) is 0. The zero-order valence-corrected chi connectivity index (χ0v) is 33.0. The van der Waals surface area contributed by atoms with Gasteiger partial charge in [0.2, 0.25) is 5.69 Å². The molecule has 4 rings (SSSR count). The zero-order valence-electron chi connectivity index (χ0n) is 29.3. The standard InChI is InChI=1S/C38H57BrIN4/c1-28-14-18-33-31(26-28)37(2,3)35(41(33)22-12-24-43(6,7)8)20-15-29(39)16-21-36-38(4,5)32-27-30(40)17-19-34(32)42(36)23-13-25-44(9,10)11/h14-19,21,26-27,35H,12-13,20,22-25H2,1-11H3/q+3/b21-16+,29-15-. The van der Waals surface area contributed by atoms with E-state index in [1.165, 1.54) is 50.3 Å². The van der Waals surface area contributed by atoms with E-state index in [4.69, 9.17) is 0 Å². The van der Waals surface area contributed by atoms with Crippen LogP contribution in [-0.4, -0.2) is 93.8 Å². The van der Waals surface area contributed by atoms with Crippen LogP contribution in [0.2, 0.25) is 0 Å². The minimum absolute atomic E-state index is 0.0494. The predicted octanol–water partition coefficient (Wildman–Crippen LogP) is 8.56. The van der Waals surface area contributed by atoms with Crippen LogP contribution in [0.3, 0.4) is 0 Å². The molecule has 0 amide bonds. The summed E-state index contributed by atoms with van der Waals surface area (Å²) in [5, 5.41) is 0. The van der Waals surface area contributed by atoms with E-state index in [-0.39, 0.29) is 10.8 Å². The maximum absolute atomic E-state index is 3.98. The molecule has 6 heteroatoms. The quantitative estimate of drug-likeness (QED) is 0.0907. The lowest BCUT2D eigenvalue weighted by atomic mass is 9.78. The van der Waals surface area contributed by atoms with Crippen LogP contribution in [-0.2, 0) is 10.8 Å². The Labute approximate surface area is 291 Å². The van der Waals surface area contributed by atoms with Gasteiger partial charge in [0.15, 0.2) is 12.3 Å². The molecule has 0 N–H and O–H groups in total. The molecule has 0 aliphatic carbocycles. The van der Waals surface area contributed by atoms with E-state index in [2.05, 4.69) is 180 Å². The van der Waals surface area contributed by atoms with Crippen molar-refractivity contribution in [2.24, 2.45) is 0 Å². The summed E-state index contributed by atoms with van der Waals surface area (Å²) in [6, 6.07) is 14.4.